The van der Waals surface area contributed by atoms with Crippen molar-refractivity contribution in [3.63, 3.8) is 0 Å². The summed E-state index contributed by atoms with van der Waals surface area (Å²) in [6.07, 6.45) is 0. The lowest BCUT2D eigenvalue weighted by atomic mass is 10.1. The summed E-state index contributed by atoms with van der Waals surface area (Å²) in [7, 11) is -3.77. The molecule has 0 radical (unpaired) electrons. The Morgan fingerprint density at radius 3 is 2.00 bits per heavy atom. The number of carbonyl (C=O) groups is 1. The number of sulfone groups is 1. The number of carboxylic acids is 1. The highest BCUT2D eigenvalue weighted by Crippen LogP contribution is 2.25. The molecule has 1 N–H and O–H groups in total. The van der Waals surface area contributed by atoms with Crippen LogP contribution < -0.4 is 0 Å². The van der Waals surface area contributed by atoms with E-state index in [0.29, 0.717) is 0 Å². The summed E-state index contributed by atoms with van der Waals surface area (Å²) >= 11 is 1.32. The van der Waals surface area contributed by atoms with Gasteiger partial charge in [-0.3, -0.25) is 4.79 Å². The largest absolute Gasteiger partial charge is 0.481 e. The van der Waals surface area contributed by atoms with E-state index in [1.54, 1.807) is 24.3 Å². The molecule has 0 aliphatic carbocycles. The molecule has 3 rings (SSSR count). The Morgan fingerprint density at radius 2 is 1.45 bits per heavy atom. The fourth-order valence-electron chi connectivity index (χ4n) is 2.76. The van der Waals surface area contributed by atoms with E-state index < -0.39 is 27.5 Å². The molecule has 7 heteroatoms. The van der Waals surface area contributed by atoms with Crippen LogP contribution in [-0.2, 0) is 14.6 Å². The molecule has 0 fully saturated rings. The standard InChI is InChI=1S/C22H19FO4S2/c23-19-10-6-16(7-11-19)17-8-12-21(13-9-17)29(26,27)15-18(22(24)25)14-28-20-4-2-1-3-5-20/h1-13,18H,14-15H2,(H,24,25). The molecule has 0 aromatic heterocycles. The lowest BCUT2D eigenvalue weighted by molar-refractivity contribution is -0.140. The zero-order valence-corrected chi connectivity index (χ0v) is 17.0. The fourth-order valence-corrected chi connectivity index (χ4v) is 5.45. The molecule has 0 saturated carbocycles. The number of aliphatic carboxylic acids is 1. The summed E-state index contributed by atoms with van der Waals surface area (Å²) in [5.74, 6) is -2.83. The molecule has 4 nitrogen and oxygen atoms in total. The van der Waals surface area contributed by atoms with Gasteiger partial charge < -0.3 is 5.11 Å². The van der Waals surface area contributed by atoms with E-state index in [2.05, 4.69) is 0 Å². The summed E-state index contributed by atoms with van der Waals surface area (Å²) in [6.45, 7) is 0. The minimum Gasteiger partial charge on any atom is -0.481 e. The van der Waals surface area contributed by atoms with Crippen molar-refractivity contribution in [3.8, 4) is 11.1 Å². The number of benzene rings is 3. The molecule has 0 aliphatic heterocycles. The van der Waals surface area contributed by atoms with Gasteiger partial charge in [0.2, 0.25) is 0 Å². The number of thioether (sulfide) groups is 1. The predicted octanol–water partition coefficient (Wildman–Crippen LogP) is 4.76. The smallest absolute Gasteiger partial charge is 0.308 e. The van der Waals surface area contributed by atoms with Gasteiger partial charge in [0.1, 0.15) is 5.82 Å². The van der Waals surface area contributed by atoms with Crippen LogP contribution in [0.25, 0.3) is 11.1 Å². The minimum absolute atomic E-state index is 0.0688. The molecule has 0 heterocycles. The van der Waals surface area contributed by atoms with Crippen LogP contribution in [0.2, 0.25) is 0 Å². The number of rotatable bonds is 8. The molecule has 3 aromatic carbocycles. The number of halogens is 1. The van der Waals surface area contributed by atoms with Gasteiger partial charge in [-0.1, -0.05) is 42.5 Å². The van der Waals surface area contributed by atoms with Crippen LogP contribution in [0.4, 0.5) is 4.39 Å². The average molecular weight is 431 g/mol. The fraction of sp³-hybridized carbons (Fsp3) is 0.136. The van der Waals surface area contributed by atoms with E-state index in [-0.39, 0.29) is 16.5 Å². The van der Waals surface area contributed by atoms with Gasteiger partial charge in [-0.05, 0) is 47.5 Å². The summed E-state index contributed by atoms with van der Waals surface area (Å²) < 4.78 is 38.5. The van der Waals surface area contributed by atoms with Crippen molar-refractivity contribution in [3.05, 3.63) is 84.7 Å². The van der Waals surface area contributed by atoms with Gasteiger partial charge in [0.05, 0.1) is 16.6 Å². The number of carboxylic acid groups (broad SMARTS) is 1. The molecular formula is C22H19FO4S2. The van der Waals surface area contributed by atoms with Crippen molar-refractivity contribution < 1.29 is 22.7 Å². The predicted molar refractivity (Wildman–Crippen MR) is 112 cm³/mol. The highest BCUT2D eigenvalue weighted by atomic mass is 32.2. The third-order valence-electron chi connectivity index (χ3n) is 4.36. The normalized spacial score (nSPS) is 12.4. The minimum atomic E-state index is -3.77. The first-order valence-corrected chi connectivity index (χ1v) is 11.5. The molecule has 150 valence electrons. The van der Waals surface area contributed by atoms with Gasteiger partial charge in [0, 0.05) is 10.6 Å². The molecule has 0 aliphatic rings. The molecule has 0 spiro atoms. The van der Waals surface area contributed by atoms with Gasteiger partial charge in [0.15, 0.2) is 9.84 Å². The first-order valence-electron chi connectivity index (χ1n) is 8.84. The highest BCUT2D eigenvalue weighted by Gasteiger charge is 2.27. The van der Waals surface area contributed by atoms with Crippen LogP contribution in [0.5, 0.6) is 0 Å². The summed E-state index contributed by atoms with van der Waals surface area (Å²) in [6, 6.07) is 21.3. The van der Waals surface area contributed by atoms with Gasteiger partial charge in [-0.2, -0.15) is 0 Å². The third-order valence-corrected chi connectivity index (χ3v) is 7.36. The van der Waals surface area contributed by atoms with Crippen molar-refractivity contribution >= 4 is 27.6 Å². The third kappa shape index (κ3) is 5.68. The Bertz CT molecular complexity index is 1060. The zero-order valence-electron chi connectivity index (χ0n) is 15.4. The Morgan fingerprint density at radius 1 is 0.897 bits per heavy atom. The van der Waals surface area contributed by atoms with E-state index in [4.69, 9.17) is 0 Å². The van der Waals surface area contributed by atoms with E-state index in [1.165, 1.54) is 36.0 Å². The Kier molecular flexibility index (Phi) is 6.71. The molecule has 0 amide bonds. The molecule has 1 atom stereocenters. The first-order chi connectivity index (χ1) is 13.8. The number of hydrogen-bond donors (Lipinski definition) is 1. The van der Waals surface area contributed by atoms with Crippen LogP contribution in [-0.4, -0.2) is 31.0 Å². The molecule has 1 unspecified atom stereocenters. The Balaban J connectivity index is 1.72. The maximum Gasteiger partial charge on any atom is 0.308 e. The first kappa shape index (κ1) is 21.1. The van der Waals surface area contributed by atoms with E-state index in [1.807, 2.05) is 30.3 Å². The van der Waals surface area contributed by atoms with Crippen molar-refractivity contribution in [2.45, 2.75) is 9.79 Å². The van der Waals surface area contributed by atoms with Crippen molar-refractivity contribution in [1.29, 1.82) is 0 Å². The average Bonchev–Trinajstić information content (AvgIpc) is 2.72. The quantitative estimate of drug-likeness (QED) is 0.522. The topological polar surface area (TPSA) is 71.4 Å². The van der Waals surface area contributed by atoms with E-state index in [0.717, 1.165) is 16.0 Å². The van der Waals surface area contributed by atoms with Crippen LogP contribution in [0.1, 0.15) is 0 Å². The molecule has 29 heavy (non-hydrogen) atoms. The van der Waals surface area contributed by atoms with Crippen LogP contribution >= 0.6 is 11.8 Å². The van der Waals surface area contributed by atoms with Crippen LogP contribution in [0.15, 0.2) is 88.7 Å². The zero-order chi connectivity index (χ0) is 20.9. The van der Waals surface area contributed by atoms with Gasteiger partial charge in [-0.15, -0.1) is 11.8 Å². The maximum atomic E-state index is 13.1. The van der Waals surface area contributed by atoms with Crippen molar-refractivity contribution in [1.82, 2.24) is 0 Å². The summed E-state index contributed by atoms with van der Waals surface area (Å²) in [4.78, 5) is 12.5. The summed E-state index contributed by atoms with van der Waals surface area (Å²) in [5, 5.41) is 9.47. The Hall–Kier alpha value is -2.64. The number of hydrogen-bond acceptors (Lipinski definition) is 4. The summed E-state index contributed by atoms with van der Waals surface area (Å²) in [5.41, 5.74) is 1.51. The van der Waals surface area contributed by atoms with Crippen LogP contribution in [0, 0.1) is 11.7 Å². The second kappa shape index (κ2) is 9.24. The monoisotopic (exact) mass is 430 g/mol. The van der Waals surface area contributed by atoms with E-state index in [9.17, 15) is 22.7 Å². The van der Waals surface area contributed by atoms with Crippen molar-refractivity contribution in [2.24, 2.45) is 5.92 Å². The second-order valence-corrected chi connectivity index (χ2v) is 9.60. The molecule has 0 bridgehead atoms. The molecule has 3 aromatic rings. The van der Waals surface area contributed by atoms with E-state index >= 15 is 0 Å². The Labute approximate surface area is 173 Å². The van der Waals surface area contributed by atoms with Gasteiger partial charge in [0.25, 0.3) is 0 Å². The van der Waals surface area contributed by atoms with Gasteiger partial charge in [-0.25, -0.2) is 12.8 Å². The SMILES string of the molecule is O=C(O)C(CSc1ccccc1)CS(=O)(=O)c1ccc(-c2ccc(F)cc2)cc1. The maximum absolute atomic E-state index is 13.1. The lowest BCUT2D eigenvalue weighted by Crippen LogP contribution is -2.26. The van der Waals surface area contributed by atoms with Crippen molar-refractivity contribution in [2.75, 3.05) is 11.5 Å². The second-order valence-electron chi connectivity index (χ2n) is 6.47. The molecule has 0 saturated heterocycles. The highest BCUT2D eigenvalue weighted by molar-refractivity contribution is 7.99. The lowest BCUT2D eigenvalue weighted by Gasteiger charge is -2.13. The van der Waals surface area contributed by atoms with Gasteiger partial charge >= 0.3 is 5.97 Å². The molecular weight excluding hydrogens is 411 g/mol. The van der Waals surface area contributed by atoms with Crippen LogP contribution in [0.3, 0.4) is 0 Å².